The standard InChI is InChI=1S/C14H16N4O2S/c15-11-7-12(16-8-11)14(20)18-4-2-17(3-5-18)13(19)10-1-6-21-9-10/h1,6-9,16H,2-5,15H2. The second-order valence-corrected chi connectivity index (χ2v) is 5.72. The number of carbonyl (C=O) groups is 2. The number of hydrogen-bond acceptors (Lipinski definition) is 4. The molecule has 3 rings (SSSR count). The number of aromatic nitrogens is 1. The van der Waals surface area contributed by atoms with Crippen LogP contribution in [-0.2, 0) is 0 Å². The van der Waals surface area contributed by atoms with E-state index >= 15 is 0 Å². The van der Waals surface area contributed by atoms with Gasteiger partial charge in [-0.15, -0.1) is 0 Å². The zero-order chi connectivity index (χ0) is 14.8. The quantitative estimate of drug-likeness (QED) is 0.876. The molecule has 1 aliphatic rings. The predicted octanol–water partition coefficient (Wildman–Crippen LogP) is 1.26. The Hall–Kier alpha value is -2.28. The molecule has 2 aromatic heterocycles. The van der Waals surface area contributed by atoms with E-state index in [4.69, 9.17) is 5.73 Å². The number of piperazine rings is 1. The van der Waals surface area contributed by atoms with Crippen LogP contribution in [0.25, 0.3) is 0 Å². The molecule has 3 N–H and O–H groups in total. The van der Waals surface area contributed by atoms with Crippen molar-refractivity contribution in [2.24, 2.45) is 0 Å². The van der Waals surface area contributed by atoms with Crippen LogP contribution in [0.2, 0.25) is 0 Å². The third kappa shape index (κ3) is 2.78. The molecule has 110 valence electrons. The van der Waals surface area contributed by atoms with Crippen molar-refractivity contribution in [2.75, 3.05) is 31.9 Å². The van der Waals surface area contributed by atoms with E-state index in [1.54, 1.807) is 22.1 Å². The Morgan fingerprint density at radius 1 is 1.14 bits per heavy atom. The van der Waals surface area contributed by atoms with Crippen LogP contribution in [0.4, 0.5) is 5.69 Å². The fourth-order valence-corrected chi connectivity index (χ4v) is 3.02. The van der Waals surface area contributed by atoms with Gasteiger partial charge in [0.15, 0.2) is 0 Å². The minimum absolute atomic E-state index is 0.0347. The maximum absolute atomic E-state index is 12.3. The first-order valence-electron chi connectivity index (χ1n) is 6.70. The maximum Gasteiger partial charge on any atom is 0.270 e. The number of anilines is 1. The second kappa shape index (κ2) is 5.61. The summed E-state index contributed by atoms with van der Waals surface area (Å²) >= 11 is 1.51. The fourth-order valence-electron chi connectivity index (χ4n) is 2.39. The summed E-state index contributed by atoms with van der Waals surface area (Å²) in [4.78, 5) is 30.9. The maximum atomic E-state index is 12.3. The van der Waals surface area contributed by atoms with Crippen LogP contribution in [0, 0.1) is 0 Å². The van der Waals surface area contributed by atoms with Crippen molar-refractivity contribution in [2.45, 2.75) is 0 Å². The van der Waals surface area contributed by atoms with Gasteiger partial charge in [-0.1, -0.05) is 0 Å². The SMILES string of the molecule is Nc1c[nH]c(C(=O)N2CCN(C(=O)c3ccsc3)CC2)c1. The molecule has 0 spiro atoms. The summed E-state index contributed by atoms with van der Waals surface area (Å²) < 4.78 is 0. The molecule has 0 bridgehead atoms. The molecule has 2 amide bonds. The highest BCUT2D eigenvalue weighted by atomic mass is 32.1. The molecule has 0 aromatic carbocycles. The molecule has 6 nitrogen and oxygen atoms in total. The lowest BCUT2D eigenvalue weighted by Crippen LogP contribution is -2.50. The van der Waals surface area contributed by atoms with Crippen LogP contribution < -0.4 is 5.73 Å². The second-order valence-electron chi connectivity index (χ2n) is 4.94. The molecule has 0 unspecified atom stereocenters. The van der Waals surface area contributed by atoms with Gasteiger partial charge in [-0.05, 0) is 17.5 Å². The number of carbonyl (C=O) groups excluding carboxylic acids is 2. The van der Waals surface area contributed by atoms with E-state index in [0.717, 1.165) is 5.56 Å². The van der Waals surface area contributed by atoms with Crippen molar-refractivity contribution >= 4 is 28.8 Å². The lowest BCUT2D eigenvalue weighted by Gasteiger charge is -2.34. The Morgan fingerprint density at radius 2 is 1.81 bits per heavy atom. The topological polar surface area (TPSA) is 82.4 Å². The van der Waals surface area contributed by atoms with E-state index in [1.165, 1.54) is 11.3 Å². The van der Waals surface area contributed by atoms with Gasteiger partial charge in [0.05, 0.1) is 5.56 Å². The number of amides is 2. The van der Waals surface area contributed by atoms with Gasteiger partial charge >= 0.3 is 0 Å². The fraction of sp³-hybridized carbons (Fsp3) is 0.286. The van der Waals surface area contributed by atoms with Gasteiger partial charge in [0.2, 0.25) is 0 Å². The Labute approximate surface area is 126 Å². The van der Waals surface area contributed by atoms with Crippen molar-refractivity contribution in [3.05, 3.63) is 40.3 Å². The van der Waals surface area contributed by atoms with Gasteiger partial charge in [-0.2, -0.15) is 11.3 Å². The molecule has 3 heterocycles. The van der Waals surface area contributed by atoms with Gasteiger partial charge in [0.25, 0.3) is 11.8 Å². The van der Waals surface area contributed by atoms with Crippen LogP contribution in [0.3, 0.4) is 0 Å². The summed E-state index contributed by atoms with van der Waals surface area (Å²) in [5.41, 5.74) is 7.36. The molecule has 1 saturated heterocycles. The van der Waals surface area contributed by atoms with Crippen molar-refractivity contribution < 1.29 is 9.59 Å². The normalized spacial score (nSPS) is 15.2. The van der Waals surface area contributed by atoms with Crippen molar-refractivity contribution in [3.63, 3.8) is 0 Å². The molecule has 1 fully saturated rings. The van der Waals surface area contributed by atoms with E-state index in [-0.39, 0.29) is 11.8 Å². The van der Waals surface area contributed by atoms with Crippen molar-refractivity contribution in [3.8, 4) is 0 Å². The Morgan fingerprint density at radius 3 is 2.33 bits per heavy atom. The minimum Gasteiger partial charge on any atom is -0.397 e. The zero-order valence-electron chi connectivity index (χ0n) is 11.4. The summed E-state index contributed by atoms with van der Waals surface area (Å²) in [5.74, 6) is -0.0400. The van der Waals surface area contributed by atoms with Gasteiger partial charge in [0.1, 0.15) is 5.69 Å². The highest BCUT2D eigenvalue weighted by molar-refractivity contribution is 7.08. The molecule has 7 heteroatoms. The van der Waals surface area contributed by atoms with Gasteiger partial charge < -0.3 is 20.5 Å². The molecular weight excluding hydrogens is 288 g/mol. The highest BCUT2D eigenvalue weighted by Crippen LogP contribution is 2.14. The Bertz CT molecular complexity index is 642. The van der Waals surface area contributed by atoms with E-state index in [1.807, 2.05) is 16.8 Å². The molecule has 0 aliphatic carbocycles. The molecule has 0 saturated carbocycles. The number of thiophene rings is 1. The van der Waals surface area contributed by atoms with Crippen LogP contribution in [0.1, 0.15) is 20.8 Å². The number of rotatable bonds is 2. The van der Waals surface area contributed by atoms with E-state index < -0.39 is 0 Å². The van der Waals surface area contributed by atoms with E-state index in [0.29, 0.717) is 37.6 Å². The summed E-state index contributed by atoms with van der Waals surface area (Å²) in [6, 6.07) is 3.46. The summed E-state index contributed by atoms with van der Waals surface area (Å²) in [6.07, 6.45) is 1.60. The third-order valence-corrected chi connectivity index (χ3v) is 4.24. The Balaban J connectivity index is 1.60. The molecule has 0 atom stereocenters. The monoisotopic (exact) mass is 304 g/mol. The first-order chi connectivity index (χ1) is 10.1. The average molecular weight is 304 g/mol. The molecular formula is C14H16N4O2S. The first kappa shape index (κ1) is 13.7. The summed E-state index contributed by atoms with van der Waals surface area (Å²) in [7, 11) is 0. The van der Waals surface area contributed by atoms with E-state index in [2.05, 4.69) is 4.98 Å². The minimum atomic E-state index is -0.0747. The van der Waals surface area contributed by atoms with Crippen LogP contribution in [-0.4, -0.2) is 52.8 Å². The molecule has 21 heavy (non-hydrogen) atoms. The number of aromatic amines is 1. The average Bonchev–Trinajstić information content (AvgIpc) is 3.17. The highest BCUT2D eigenvalue weighted by Gasteiger charge is 2.26. The first-order valence-corrected chi connectivity index (χ1v) is 7.64. The van der Waals surface area contributed by atoms with Crippen molar-refractivity contribution in [1.29, 1.82) is 0 Å². The van der Waals surface area contributed by atoms with Gasteiger partial charge in [-0.3, -0.25) is 9.59 Å². The number of nitrogens with zero attached hydrogens (tertiary/aromatic N) is 2. The van der Waals surface area contributed by atoms with Crippen LogP contribution >= 0.6 is 11.3 Å². The number of hydrogen-bond donors (Lipinski definition) is 2. The lowest BCUT2D eigenvalue weighted by molar-refractivity contribution is 0.0533. The largest absolute Gasteiger partial charge is 0.397 e. The van der Waals surface area contributed by atoms with Gasteiger partial charge in [-0.25, -0.2) is 0 Å². The summed E-state index contributed by atoms with van der Waals surface area (Å²) in [6.45, 7) is 2.18. The smallest absolute Gasteiger partial charge is 0.270 e. The van der Waals surface area contributed by atoms with Gasteiger partial charge in [0, 0.05) is 43.4 Å². The van der Waals surface area contributed by atoms with Crippen LogP contribution in [0.15, 0.2) is 29.1 Å². The third-order valence-electron chi connectivity index (χ3n) is 3.56. The lowest BCUT2D eigenvalue weighted by atomic mass is 10.2. The number of nitrogens with one attached hydrogen (secondary N) is 1. The van der Waals surface area contributed by atoms with E-state index in [9.17, 15) is 9.59 Å². The van der Waals surface area contributed by atoms with Crippen molar-refractivity contribution in [1.82, 2.24) is 14.8 Å². The molecule has 0 radical (unpaired) electrons. The Kier molecular flexibility index (Phi) is 3.66. The predicted molar refractivity (Wildman–Crippen MR) is 81.3 cm³/mol. The molecule has 1 aliphatic heterocycles. The molecule has 2 aromatic rings. The van der Waals surface area contributed by atoms with Crippen LogP contribution in [0.5, 0.6) is 0 Å². The summed E-state index contributed by atoms with van der Waals surface area (Å²) in [5, 5.41) is 3.74. The zero-order valence-corrected chi connectivity index (χ0v) is 12.2. The number of nitrogen functional groups attached to an aromatic ring is 1. The number of H-pyrrole nitrogens is 1. The number of nitrogens with two attached hydrogens (primary N) is 1.